The number of halogens is 1. The van der Waals surface area contributed by atoms with Crippen LogP contribution in [-0.2, 0) is 0 Å². The number of nitrogens with zero attached hydrogens (tertiary/aromatic N) is 3. The molecule has 9 heteroatoms. The number of ether oxygens (including phenoxy) is 1. The Kier molecular flexibility index (Phi) is 6.50. The minimum absolute atomic E-state index is 0.0428. The van der Waals surface area contributed by atoms with E-state index in [1.807, 2.05) is 24.3 Å². The summed E-state index contributed by atoms with van der Waals surface area (Å²) in [6, 6.07) is 13.6. The number of aliphatic hydroxyl groups excluding tert-OH is 1. The van der Waals surface area contributed by atoms with Crippen molar-refractivity contribution in [2.45, 2.75) is 25.0 Å². The van der Waals surface area contributed by atoms with Crippen molar-refractivity contribution in [2.75, 3.05) is 19.7 Å². The number of likely N-dealkylation sites (tertiary alicyclic amines) is 1. The highest BCUT2D eigenvalue weighted by Gasteiger charge is 2.30. The summed E-state index contributed by atoms with van der Waals surface area (Å²) < 4.78 is 5.57. The average molecular weight is 443 g/mol. The Morgan fingerprint density at radius 3 is 2.97 bits per heavy atom. The fourth-order valence-electron chi connectivity index (χ4n) is 3.88. The smallest absolute Gasteiger partial charge is 0.273 e. The van der Waals surface area contributed by atoms with E-state index in [9.17, 15) is 15.2 Å². The van der Waals surface area contributed by atoms with Crippen LogP contribution < -0.4 is 4.74 Å². The second-order valence-corrected chi connectivity index (χ2v) is 7.94. The zero-order valence-electron chi connectivity index (χ0n) is 16.8. The van der Waals surface area contributed by atoms with Gasteiger partial charge in [0.05, 0.1) is 28.9 Å². The summed E-state index contributed by atoms with van der Waals surface area (Å²) in [6.07, 6.45) is 2.99. The zero-order valence-corrected chi connectivity index (χ0v) is 17.5. The first-order valence-corrected chi connectivity index (χ1v) is 10.5. The molecular formula is C22H23ClN4O4. The van der Waals surface area contributed by atoms with Gasteiger partial charge in [-0.2, -0.15) is 0 Å². The monoisotopic (exact) mass is 442 g/mol. The van der Waals surface area contributed by atoms with Gasteiger partial charge in [0.25, 0.3) is 5.69 Å². The molecule has 0 bridgehead atoms. The van der Waals surface area contributed by atoms with Gasteiger partial charge in [0.2, 0.25) is 0 Å². The Labute approximate surface area is 184 Å². The van der Waals surface area contributed by atoms with Crippen LogP contribution in [0.3, 0.4) is 0 Å². The standard InChI is InChI=1S/C22H23ClN4O4/c23-19-8-2-1-7-18(19)20-12-24-22(25-20)21-9-4-10-26(21)13-16(28)14-31-17-6-3-5-15(11-17)27(29)30/h1-3,5-8,11-12,16,21,28H,4,9-10,13-14H2,(H,24,25). The highest BCUT2D eigenvalue weighted by Crippen LogP contribution is 2.33. The van der Waals surface area contributed by atoms with Crippen molar-refractivity contribution in [3.63, 3.8) is 0 Å². The van der Waals surface area contributed by atoms with Crippen LogP contribution in [0, 0.1) is 10.1 Å². The Hall–Kier alpha value is -2.94. The van der Waals surface area contributed by atoms with Crippen LogP contribution in [0.15, 0.2) is 54.7 Å². The van der Waals surface area contributed by atoms with Crippen molar-refractivity contribution < 1.29 is 14.8 Å². The van der Waals surface area contributed by atoms with Crippen molar-refractivity contribution in [2.24, 2.45) is 0 Å². The molecule has 8 nitrogen and oxygen atoms in total. The molecule has 2 unspecified atom stereocenters. The zero-order chi connectivity index (χ0) is 21.8. The highest BCUT2D eigenvalue weighted by molar-refractivity contribution is 6.33. The molecule has 2 aromatic carbocycles. The molecule has 162 valence electrons. The summed E-state index contributed by atoms with van der Waals surface area (Å²) in [5, 5.41) is 22.0. The lowest BCUT2D eigenvalue weighted by atomic mass is 10.2. The lowest BCUT2D eigenvalue weighted by Crippen LogP contribution is -2.35. The number of benzene rings is 2. The molecule has 1 aliphatic rings. The Balaban J connectivity index is 1.37. The van der Waals surface area contributed by atoms with Crippen LogP contribution in [0.5, 0.6) is 5.75 Å². The first-order chi connectivity index (χ1) is 15.0. The molecule has 0 spiro atoms. The largest absolute Gasteiger partial charge is 0.491 e. The van der Waals surface area contributed by atoms with E-state index in [0.29, 0.717) is 17.3 Å². The van der Waals surface area contributed by atoms with E-state index in [1.54, 1.807) is 18.3 Å². The van der Waals surface area contributed by atoms with E-state index in [4.69, 9.17) is 16.3 Å². The van der Waals surface area contributed by atoms with Gasteiger partial charge in [-0.15, -0.1) is 0 Å². The van der Waals surface area contributed by atoms with Crippen molar-refractivity contribution in [3.8, 4) is 17.0 Å². The van der Waals surface area contributed by atoms with Gasteiger partial charge in [-0.25, -0.2) is 4.98 Å². The first-order valence-electron chi connectivity index (χ1n) is 10.1. The molecule has 0 saturated carbocycles. The Morgan fingerprint density at radius 1 is 1.32 bits per heavy atom. The summed E-state index contributed by atoms with van der Waals surface area (Å²) in [7, 11) is 0. The molecule has 1 aliphatic heterocycles. The van der Waals surface area contributed by atoms with Crippen LogP contribution in [0.25, 0.3) is 11.3 Å². The van der Waals surface area contributed by atoms with E-state index < -0.39 is 11.0 Å². The Morgan fingerprint density at radius 2 is 2.16 bits per heavy atom. The number of aromatic amines is 1. The first kappa shape index (κ1) is 21.3. The number of aromatic nitrogens is 2. The molecule has 1 aromatic heterocycles. The molecule has 2 heterocycles. The van der Waals surface area contributed by atoms with Crippen LogP contribution >= 0.6 is 11.6 Å². The molecule has 0 aliphatic carbocycles. The van der Waals surface area contributed by atoms with Crippen molar-refractivity contribution in [3.05, 3.63) is 75.7 Å². The molecule has 0 amide bonds. The molecule has 1 saturated heterocycles. The van der Waals surface area contributed by atoms with Gasteiger partial charge >= 0.3 is 0 Å². The fourth-order valence-corrected chi connectivity index (χ4v) is 4.12. The van der Waals surface area contributed by atoms with E-state index in [1.165, 1.54) is 12.1 Å². The number of nitro benzene ring substituents is 1. The second kappa shape index (κ2) is 9.47. The number of β-amino-alcohol motifs (C(OH)–C–C–N with tert-alkyl or cyclic N) is 1. The summed E-state index contributed by atoms with van der Waals surface area (Å²) in [4.78, 5) is 20.5. The van der Waals surface area contributed by atoms with E-state index in [-0.39, 0.29) is 18.3 Å². The maximum Gasteiger partial charge on any atom is 0.273 e. The minimum atomic E-state index is -0.738. The minimum Gasteiger partial charge on any atom is -0.491 e. The normalized spacial score (nSPS) is 17.5. The predicted molar refractivity (Wildman–Crippen MR) is 117 cm³/mol. The number of nitrogens with one attached hydrogen (secondary N) is 1. The number of hydrogen-bond donors (Lipinski definition) is 2. The third-order valence-corrected chi connectivity index (χ3v) is 5.68. The summed E-state index contributed by atoms with van der Waals surface area (Å²) in [6.45, 7) is 1.32. The van der Waals surface area contributed by atoms with Gasteiger partial charge in [0.15, 0.2) is 0 Å². The van der Waals surface area contributed by atoms with Gasteiger partial charge in [-0.3, -0.25) is 15.0 Å². The number of non-ortho nitro benzene ring substituents is 1. The van der Waals surface area contributed by atoms with Crippen LogP contribution in [0.2, 0.25) is 5.02 Å². The number of nitro groups is 1. The SMILES string of the molecule is O=[N+]([O-])c1cccc(OCC(O)CN2CCCC2c2ncc(-c3ccccc3Cl)[nH]2)c1. The molecule has 4 rings (SSSR count). The predicted octanol–water partition coefficient (Wildman–Crippen LogP) is 4.22. The van der Waals surface area contributed by atoms with Crippen molar-refractivity contribution in [1.29, 1.82) is 0 Å². The van der Waals surface area contributed by atoms with E-state index in [0.717, 1.165) is 36.5 Å². The molecule has 1 fully saturated rings. The molecule has 3 aromatic rings. The maximum absolute atomic E-state index is 10.9. The maximum atomic E-state index is 10.9. The summed E-state index contributed by atoms with van der Waals surface area (Å²) >= 11 is 6.30. The topological polar surface area (TPSA) is 105 Å². The molecule has 0 radical (unpaired) electrons. The van der Waals surface area contributed by atoms with Gasteiger partial charge in [0, 0.05) is 23.2 Å². The summed E-state index contributed by atoms with van der Waals surface area (Å²) in [5.74, 6) is 1.21. The molecule has 2 N–H and O–H groups in total. The molecule has 31 heavy (non-hydrogen) atoms. The third-order valence-electron chi connectivity index (χ3n) is 5.35. The lowest BCUT2D eigenvalue weighted by Gasteiger charge is -2.25. The van der Waals surface area contributed by atoms with Crippen LogP contribution in [0.4, 0.5) is 5.69 Å². The van der Waals surface area contributed by atoms with Gasteiger partial charge in [-0.1, -0.05) is 35.9 Å². The quantitative estimate of drug-likeness (QED) is 0.400. The lowest BCUT2D eigenvalue weighted by molar-refractivity contribution is -0.384. The van der Waals surface area contributed by atoms with Crippen LogP contribution in [-0.4, -0.2) is 50.7 Å². The number of imidazole rings is 1. The van der Waals surface area contributed by atoms with Crippen LogP contribution in [0.1, 0.15) is 24.7 Å². The van der Waals surface area contributed by atoms with Crippen molar-refractivity contribution >= 4 is 17.3 Å². The second-order valence-electron chi connectivity index (χ2n) is 7.53. The highest BCUT2D eigenvalue weighted by atomic mass is 35.5. The van der Waals surface area contributed by atoms with Gasteiger partial charge in [0.1, 0.15) is 24.3 Å². The number of rotatable bonds is 8. The van der Waals surface area contributed by atoms with E-state index in [2.05, 4.69) is 14.9 Å². The number of aliphatic hydroxyl groups is 1. The number of H-pyrrole nitrogens is 1. The molecule has 2 atom stereocenters. The molecular weight excluding hydrogens is 420 g/mol. The average Bonchev–Trinajstić information content (AvgIpc) is 3.42. The van der Waals surface area contributed by atoms with Gasteiger partial charge < -0.3 is 14.8 Å². The van der Waals surface area contributed by atoms with Gasteiger partial charge in [-0.05, 0) is 31.5 Å². The number of hydrogen-bond acceptors (Lipinski definition) is 6. The van der Waals surface area contributed by atoms with Crippen molar-refractivity contribution in [1.82, 2.24) is 14.9 Å². The third kappa shape index (κ3) is 5.04. The Bertz CT molecular complexity index is 1060. The fraction of sp³-hybridized carbons (Fsp3) is 0.318. The van der Waals surface area contributed by atoms with E-state index >= 15 is 0 Å². The summed E-state index contributed by atoms with van der Waals surface area (Å²) in [5.41, 5.74) is 1.72.